The molecule has 0 aromatic heterocycles. The number of rotatable bonds is 2. The molecule has 1 fully saturated rings. The summed E-state index contributed by atoms with van der Waals surface area (Å²) < 4.78 is 10.8. The van der Waals surface area contributed by atoms with E-state index < -0.39 is 0 Å². The van der Waals surface area contributed by atoms with Gasteiger partial charge in [0, 0.05) is 5.41 Å². The molecule has 0 unspecified atom stereocenters. The van der Waals surface area contributed by atoms with Crippen LogP contribution in [0.1, 0.15) is 24.5 Å². The largest absolute Gasteiger partial charge is 0.354 e. The molecule has 1 aliphatic heterocycles. The maximum absolute atomic E-state index is 8.90. The summed E-state index contributed by atoms with van der Waals surface area (Å²) in [6.45, 7) is 3.83. The van der Waals surface area contributed by atoms with Crippen LogP contribution < -0.4 is 0 Å². The summed E-state index contributed by atoms with van der Waals surface area (Å²) in [7, 11) is 0. The van der Waals surface area contributed by atoms with Crippen LogP contribution in [-0.2, 0) is 14.9 Å². The molecule has 1 aliphatic rings. The van der Waals surface area contributed by atoms with Crippen LogP contribution in [0.15, 0.2) is 24.3 Å². The van der Waals surface area contributed by atoms with Gasteiger partial charge in [0.05, 0.1) is 24.8 Å². The molecule has 0 amide bonds. The van der Waals surface area contributed by atoms with E-state index in [4.69, 9.17) is 14.7 Å². The Kier molecular flexibility index (Phi) is 3.23. The van der Waals surface area contributed by atoms with Crippen molar-refractivity contribution in [2.24, 2.45) is 0 Å². The summed E-state index contributed by atoms with van der Waals surface area (Å²) in [5.74, 6) is 0. The minimum absolute atomic E-state index is 0.0922. The van der Waals surface area contributed by atoms with Crippen LogP contribution in [0.5, 0.6) is 0 Å². The van der Waals surface area contributed by atoms with E-state index in [0.717, 1.165) is 12.0 Å². The predicted molar refractivity (Wildman–Crippen MR) is 59.9 cm³/mol. The molecule has 84 valence electrons. The second-order valence-electron chi connectivity index (χ2n) is 4.14. The average molecular weight is 217 g/mol. The highest BCUT2D eigenvalue weighted by Crippen LogP contribution is 2.31. The molecule has 2 rings (SSSR count). The van der Waals surface area contributed by atoms with Crippen LogP contribution >= 0.6 is 0 Å². The molecular weight excluding hydrogens is 202 g/mol. The van der Waals surface area contributed by atoms with E-state index in [1.165, 1.54) is 0 Å². The Morgan fingerprint density at radius 3 is 2.75 bits per heavy atom. The van der Waals surface area contributed by atoms with Crippen molar-refractivity contribution in [1.29, 1.82) is 5.26 Å². The number of benzene rings is 1. The summed E-state index contributed by atoms with van der Waals surface area (Å²) in [4.78, 5) is 0. The quantitative estimate of drug-likeness (QED) is 0.762. The molecule has 0 spiro atoms. The lowest BCUT2D eigenvalue weighted by atomic mass is 9.78. The van der Waals surface area contributed by atoms with Gasteiger partial charge in [0.25, 0.3) is 0 Å². The second-order valence-corrected chi connectivity index (χ2v) is 4.14. The fraction of sp³-hybridized carbons (Fsp3) is 0.462. The van der Waals surface area contributed by atoms with Gasteiger partial charge in [-0.25, -0.2) is 0 Å². The summed E-state index contributed by atoms with van der Waals surface area (Å²) in [5.41, 5.74) is 1.73. The summed E-state index contributed by atoms with van der Waals surface area (Å²) in [5, 5.41) is 8.90. The van der Waals surface area contributed by atoms with E-state index in [-0.39, 0.29) is 5.41 Å². The standard InChI is InChI=1S/C13H15NO2/c1-2-13(8-15-10-16-9-13)12-5-3-4-11(6-12)7-14/h3-6H,2,8-10H2,1H3. The smallest absolute Gasteiger partial charge is 0.146 e. The molecule has 3 nitrogen and oxygen atoms in total. The van der Waals surface area contributed by atoms with E-state index >= 15 is 0 Å². The first-order chi connectivity index (χ1) is 7.80. The van der Waals surface area contributed by atoms with Crippen LogP contribution in [-0.4, -0.2) is 20.0 Å². The zero-order valence-corrected chi connectivity index (χ0v) is 9.40. The van der Waals surface area contributed by atoms with Crippen LogP contribution in [0, 0.1) is 11.3 Å². The lowest BCUT2D eigenvalue weighted by molar-refractivity contribution is -0.139. The molecule has 3 heteroatoms. The molecule has 0 aliphatic carbocycles. The lowest BCUT2D eigenvalue weighted by Crippen LogP contribution is -2.41. The van der Waals surface area contributed by atoms with Gasteiger partial charge in [0.15, 0.2) is 0 Å². The number of nitrogens with zero attached hydrogens (tertiary/aromatic N) is 1. The first-order valence-electron chi connectivity index (χ1n) is 5.47. The molecular formula is C13H15NO2. The van der Waals surface area contributed by atoms with Gasteiger partial charge in [-0.15, -0.1) is 0 Å². The maximum Gasteiger partial charge on any atom is 0.146 e. The van der Waals surface area contributed by atoms with Crippen molar-refractivity contribution >= 4 is 0 Å². The molecule has 0 radical (unpaired) electrons. The second kappa shape index (κ2) is 4.65. The molecule has 1 saturated heterocycles. The first kappa shape index (κ1) is 11.1. The Morgan fingerprint density at radius 2 is 2.12 bits per heavy atom. The minimum Gasteiger partial charge on any atom is -0.354 e. The van der Waals surface area contributed by atoms with E-state index in [1.807, 2.05) is 24.3 Å². The van der Waals surface area contributed by atoms with Crippen molar-refractivity contribution in [3.8, 4) is 6.07 Å². The summed E-state index contributed by atoms with van der Waals surface area (Å²) >= 11 is 0. The third kappa shape index (κ3) is 1.95. The third-order valence-corrected chi connectivity index (χ3v) is 3.20. The van der Waals surface area contributed by atoms with Crippen molar-refractivity contribution in [2.75, 3.05) is 20.0 Å². The first-order valence-corrected chi connectivity index (χ1v) is 5.47. The Labute approximate surface area is 95.6 Å². The number of nitriles is 1. The highest BCUT2D eigenvalue weighted by atomic mass is 16.7. The molecule has 1 heterocycles. The van der Waals surface area contributed by atoms with Crippen LogP contribution in [0.25, 0.3) is 0 Å². The number of hydrogen-bond donors (Lipinski definition) is 0. The molecule has 0 atom stereocenters. The van der Waals surface area contributed by atoms with Crippen molar-refractivity contribution in [2.45, 2.75) is 18.8 Å². The monoisotopic (exact) mass is 217 g/mol. The van der Waals surface area contributed by atoms with Crippen LogP contribution in [0.4, 0.5) is 0 Å². The minimum atomic E-state index is -0.0922. The van der Waals surface area contributed by atoms with Gasteiger partial charge >= 0.3 is 0 Å². The van der Waals surface area contributed by atoms with E-state index in [0.29, 0.717) is 25.6 Å². The van der Waals surface area contributed by atoms with Gasteiger partial charge in [0.2, 0.25) is 0 Å². The normalized spacial score (nSPS) is 19.0. The van der Waals surface area contributed by atoms with E-state index in [2.05, 4.69) is 13.0 Å². The topological polar surface area (TPSA) is 42.2 Å². The average Bonchev–Trinajstić information content (AvgIpc) is 2.39. The number of ether oxygens (including phenoxy) is 2. The summed E-state index contributed by atoms with van der Waals surface area (Å²) in [6.07, 6.45) is 0.946. The Bertz CT molecular complexity index is 403. The van der Waals surface area contributed by atoms with Crippen LogP contribution in [0.3, 0.4) is 0 Å². The Morgan fingerprint density at radius 1 is 1.38 bits per heavy atom. The fourth-order valence-electron chi connectivity index (χ4n) is 2.07. The van der Waals surface area contributed by atoms with Gasteiger partial charge in [-0.3, -0.25) is 0 Å². The van der Waals surface area contributed by atoms with E-state index in [1.54, 1.807) is 0 Å². The Balaban J connectivity index is 2.35. The molecule has 0 N–H and O–H groups in total. The molecule has 16 heavy (non-hydrogen) atoms. The summed E-state index contributed by atoms with van der Waals surface area (Å²) in [6, 6.07) is 9.88. The van der Waals surface area contributed by atoms with Gasteiger partial charge in [-0.1, -0.05) is 19.1 Å². The molecule has 1 aromatic rings. The highest BCUT2D eigenvalue weighted by molar-refractivity contribution is 5.37. The zero-order valence-electron chi connectivity index (χ0n) is 9.40. The number of hydrogen-bond acceptors (Lipinski definition) is 3. The highest BCUT2D eigenvalue weighted by Gasteiger charge is 2.34. The van der Waals surface area contributed by atoms with Gasteiger partial charge in [-0.05, 0) is 24.1 Å². The fourth-order valence-corrected chi connectivity index (χ4v) is 2.07. The molecule has 1 aromatic carbocycles. The Hall–Kier alpha value is -1.37. The SMILES string of the molecule is CCC1(c2cccc(C#N)c2)COCOC1. The van der Waals surface area contributed by atoms with Gasteiger partial charge < -0.3 is 9.47 Å². The van der Waals surface area contributed by atoms with Crippen molar-refractivity contribution in [1.82, 2.24) is 0 Å². The predicted octanol–water partition coefficient (Wildman–Crippen LogP) is 2.21. The van der Waals surface area contributed by atoms with E-state index in [9.17, 15) is 0 Å². The lowest BCUT2D eigenvalue weighted by Gasteiger charge is -2.36. The molecule has 0 bridgehead atoms. The van der Waals surface area contributed by atoms with Gasteiger partial charge in [0.1, 0.15) is 6.79 Å². The van der Waals surface area contributed by atoms with Gasteiger partial charge in [-0.2, -0.15) is 5.26 Å². The molecule has 0 saturated carbocycles. The zero-order chi connectivity index (χ0) is 11.4. The third-order valence-electron chi connectivity index (χ3n) is 3.20. The van der Waals surface area contributed by atoms with Crippen molar-refractivity contribution in [3.63, 3.8) is 0 Å². The maximum atomic E-state index is 8.90. The van der Waals surface area contributed by atoms with Crippen LogP contribution in [0.2, 0.25) is 0 Å². The van der Waals surface area contributed by atoms with Crippen molar-refractivity contribution in [3.05, 3.63) is 35.4 Å². The van der Waals surface area contributed by atoms with Crippen molar-refractivity contribution < 1.29 is 9.47 Å².